The number of carboxylic acid groups (broad SMARTS) is 1. The molecule has 0 spiro atoms. The Morgan fingerprint density at radius 1 is 1.29 bits per heavy atom. The Morgan fingerprint density at radius 2 is 2.05 bits per heavy atom. The van der Waals surface area contributed by atoms with E-state index >= 15 is 0 Å². The lowest BCUT2D eigenvalue weighted by Crippen LogP contribution is -2.27. The molecule has 1 aromatic heterocycles. The summed E-state index contributed by atoms with van der Waals surface area (Å²) in [7, 11) is 0. The number of likely N-dealkylation sites (tertiary alicyclic amines) is 1. The molecule has 1 aromatic rings. The maximum atomic E-state index is 12.1. The van der Waals surface area contributed by atoms with Gasteiger partial charge in [0.25, 0.3) is 5.56 Å². The summed E-state index contributed by atoms with van der Waals surface area (Å²) in [6.07, 6.45) is 4.64. The SMILES string of the molecule is O=C(O)CCCn1cccc(OCCN2CCCC2)c1=O. The third kappa shape index (κ3) is 4.90. The molecule has 21 heavy (non-hydrogen) atoms. The van der Waals surface area contributed by atoms with Gasteiger partial charge in [-0.1, -0.05) is 0 Å². The molecule has 6 nitrogen and oxygen atoms in total. The minimum Gasteiger partial charge on any atom is -0.487 e. The van der Waals surface area contributed by atoms with Crippen LogP contribution in [0.25, 0.3) is 0 Å². The summed E-state index contributed by atoms with van der Waals surface area (Å²) in [5, 5.41) is 8.62. The molecule has 0 atom stereocenters. The number of carboxylic acids is 1. The Labute approximate surface area is 123 Å². The number of aliphatic carboxylic acids is 1. The molecule has 0 bridgehead atoms. The zero-order chi connectivity index (χ0) is 15.1. The van der Waals surface area contributed by atoms with Gasteiger partial charge in [0.2, 0.25) is 0 Å². The standard InChI is InChI=1S/C15H22N2O4/c18-14(19)6-4-10-17-9-3-5-13(15(17)20)21-12-11-16-7-1-2-8-16/h3,5,9H,1-2,4,6-8,10-12H2,(H,18,19). The van der Waals surface area contributed by atoms with Gasteiger partial charge < -0.3 is 14.4 Å². The minimum atomic E-state index is -0.846. The molecule has 1 aliphatic rings. The van der Waals surface area contributed by atoms with Crippen molar-refractivity contribution in [3.05, 3.63) is 28.7 Å². The van der Waals surface area contributed by atoms with Gasteiger partial charge in [0.05, 0.1) is 0 Å². The van der Waals surface area contributed by atoms with Crippen LogP contribution in [0.15, 0.2) is 23.1 Å². The molecule has 0 unspecified atom stereocenters. The first-order valence-corrected chi connectivity index (χ1v) is 7.43. The van der Waals surface area contributed by atoms with Crippen LogP contribution in [0.5, 0.6) is 5.75 Å². The lowest BCUT2D eigenvalue weighted by Gasteiger charge is -2.15. The van der Waals surface area contributed by atoms with Gasteiger partial charge in [-0.15, -0.1) is 0 Å². The van der Waals surface area contributed by atoms with Crippen LogP contribution in [0, 0.1) is 0 Å². The van der Waals surface area contributed by atoms with E-state index in [0.717, 1.165) is 19.6 Å². The highest BCUT2D eigenvalue weighted by Gasteiger charge is 2.11. The highest BCUT2D eigenvalue weighted by atomic mass is 16.5. The Bertz CT molecular complexity index is 521. The number of hydrogen-bond donors (Lipinski definition) is 1. The molecule has 6 heteroatoms. The van der Waals surface area contributed by atoms with Crippen molar-refractivity contribution in [2.75, 3.05) is 26.2 Å². The molecule has 116 valence electrons. The average Bonchev–Trinajstić information content (AvgIpc) is 2.95. The fourth-order valence-corrected chi connectivity index (χ4v) is 2.49. The van der Waals surface area contributed by atoms with Gasteiger partial charge in [0, 0.05) is 25.7 Å². The molecule has 0 radical (unpaired) electrons. The van der Waals surface area contributed by atoms with E-state index < -0.39 is 5.97 Å². The third-order valence-electron chi connectivity index (χ3n) is 3.64. The van der Waals surface area contributed by atoms with E-state index in [-0.39, 0.29) is 12.0 Å². The average molecular weight is 294 g/mol. The summed E-state index contributed by atoms with van der Waals surface area (Å²) in [6.45, 7) is 3.96. The van der Waals surface area contributed by atoms with Crippen molar-refractivity contribution in [1.29, 1.82) is 0 Å². The van der Waals surface area contributed by atoms with Crippen molar-refractivity contribution in [3.8, 4) is 5.75 Å². The monoisotopic (exact) mass is 294 g/mol. The predicted octanol–water partition coefficient (Wildman–Crippen LogP) is 1.19. The zero-order valence-electron chi connectivity index (χ0n) is 12.2. The van der Waals surface area contributed by atoms with Crippen LogP contribution in [0.3, 0.4) is 0 Å². The van der Waals surface area contributed by atoms with Crippen LogP contribution in [0.2, 0.25) is 0 Å². The van der Waals surface area contributed by atoms with Crippen LogP contribution >= 0.6 is 0 Å². The first-order chi connectivity index (χ1) is 10.2. The topological polar surface area (TPSA) is 71.8 Å². The molecular weight excluding hydrogens is 272 g/mol. The number of pyridine rings is 1. The van der Waals surface area contributed by atoms with Crippen LogP contribution < -0.4 is 10.3 Å². The molecular formula is C15H22N2O4. The van der Waals surface area contributed by atoms with Crippen molar-refractivity contribution in [2.24, 2.45) is 0 Å². The fraction of sp³-hybridized carbons (Fsp3) is 0.600. The number of ether oxygens (including phenoxy) is 1. The molecule has 0 amide bonds. The summed E-state index contributed by atoms with van der Waals surface area (Å²) in [5.41, 5.74) is -0.190. The highest BCUT2D eigenvalue weighted by Crippen LogP contribution is 2.07. The van der Waals surface area contributed by atoms with Crippen LogP contribution in [-0.2, 0) is 11.3 Å². The second-order valence-electron chi connectivity index (χ2n) is 5.27. The Hall–Kier alpha value is -1.82. The smallest absolute Gasteiger partial charge is 0.303 e. The van der Waals surface area contributed by atoms with E-state index in [0.29, 0.717) is 25.3 Å². The zero-order valence-corrected chi connectivity index (χ0v) is 12.2. The van der Waals surface area contributed by atoms with Gasteiger partial charge in [-0.3, -0.25) is 14.5 Å². The molecule has 0 saturated carbocycles. The highest BCUT2D eigenvalue weighted by molar-refractivity contribution is 5.66. The number of aromatic nitrogens is 1. The number of hydrogen-bond acceptors (Lipinski definition) is 4. The van der Waals surface area contributed by atoms with Crippen molar-refractivity contribution in [3.63, 3.8) is 0 Å². The normalized spacial score (nSPS) is 15.2. The number of carbonyl (C=O) groups is 1. The van der Waals surface area contributed by atoms with E-state index in [4.69, 9.17) is 9.84 Å². The second kappa shape index (κ2) is 7.83. The minimum absolute atomic E-state index is 0.0620. The van der Waals surface area contributed by atoms with Gasteiger partial charge in [-0.25, -0.2) is 0 Å². The molecule has 1 saturated heterocycles. The van der Waals surface area contributed by atoms with Crippen molar-refractivity contribution >= 4 is 5.97 Å². The fourth-order valence-electron chi connectivity index (χ4n) is 2.49. The summed E-state index contributed by atoms with van der Waals surface area (Å²) in [6, 6.07) is 3.42. The van der Waals surface area contributed by atoms with E-state index in [1.165, 1.54) is 17.4 Å². The summed E-state index contributed by atoms with van der Waals surface area (Å²) in [5.74, 6) is -0.506. The van der Waals surface area contributed by atoms with E-state index in [9.17, 15) is 9.59 Å². The quantitative estimate of drug-likeness (QED) is 0.779. The third-order valence-corrected chi connectivity index (χ3v) is 3.64. The summed E-state index contributed by atoms with van der Waals surface area (Å²) >= 11 is 0. The van der Waals surface area contributed by atoms with Crippen molar-refractivity contribution in [1.82, 2.24) is 9.47 Å². The Morgan fingerprint density at radius 3 is 2.76 bits per heavy atom. The van der Waals surface area contributed by atoms with Gasteiger partial charge in [0.15, 0.2) is 5.75 Å². The van der Waals surface area contributed by atoms with Gasteiger partial charge in [-0.2, -0.15) is 0 Å². The van der Waals surface area contributed by atoms with E-state index in [1.54, 1.807) is 18.3 Å². The molecule has 1 fully saturated rings. The second-order valence-corrected chi connectivity index (χ2v) is 5.27. The van der Waals surface area contributed by atoms with E-state index in [1.807, 2.05) is 0 Å². The lowest BCUT2D eigenvalue weighted by atomic mass is 10.3. The molecule has 1 N–H and O–H groups in total. The van der Waals surface area contributed by atoms with Crippen molar-refractivity contribution in [2.45, 2.75) is 32.2 Å². The number of nitrogens with zero attached hydrogens (tertiary/aromatic N) is 2. The molecule has 1 aliphatic heterocycles. The maximum absolute atomic E-state index is 12.1. The summed E-state index contributed by atoms with van der Waals surface area (Å²) < 4.78 is 7.08. The van der Waals surface area contributed by atoms with Crippen molar-refractivity contribution < 1.29 is 14.6 Å². The van der Waals surface area contributed by atoms with Crippen LogP contribution in [0.4, 0.5) is 0 Å². The molecule has 0 aliphatic carbocycles. The van der Waals surface area contributed by atoms with E-state index in [2.05, 4.69) is 4.90 Å². The first kappa shape index (κ1) is 15.6. The molecule has 0 aromatic carbocycles. The summed E-state index contributed by atoms with van der Waals surface area (Å²) in [4.78, 5) is 25.0. The molecule has 2 heterocycles. The number of rotatable bonds is 8. The molecule has 2 rings (SSSR count). The van der Waals surface area contributed by atoms with Crippen LogP contribution in [-0.4, -0.2) is 46.8 Å². The Kier molecular flexibility index (Phi) is 5.80. The van der Waals surface area contributed by atoms with Gasteiger partial charge in [0.1, 0.15) is 6.61 Å². The number of aryl methyl sites for hydroxylation is 1. The Balaban J connectivity index is 1.84. The predicted molar refractivity (Wildman–Crippen MR) is 78.7 cm³/mol. The van der Waals surface area contributed by atoms with Crippen LogP contribution in [0.1, 0.15) is 25.7 Å². The van der Waals surface area contributed by atoms with Gasteiger partial charge in [-0.05, 0) is 44.5 Å². The van der Waals surface area contributed by atoms with Gasteiger partial charge >= 0.3 is 5.97 Å². The largest absolute Gasteiger partial charge is 0.487 e. The first-order valence-electron chi connectivity index (χ1n) is 7.43. The lowest BCUT2D eigenvalue weighted by molar-refractivity contribution is -0.137. The maximum Gasteiger partial charge on any atom is 0.303 e.